The highest BCUT2D eigenvalue weighted by Crippen LogP contribution is 2.25. The molecule has 7 nitrogen and oxygen atoms in total. The lowest BCUT2D eigenvalue weighted by Gasteiger charge is -2.30. The lowest BCUT2D eigenvalue weighted by Crippen LogP contribution is -2.33. The van der Waals surface area contributed by atoms with Gasteiger partial charge in [0, 0.05) is 62.5 Å². The molecule has 0 atom stereocenters. The summed E-state index contributed by atoms with van der Waals surface area (Å²) in [6.45, 7) is 3.54. The van der Waals surface area contributed by atoms with Crippen molar-refractivity contribution in [3.8, 4) is 0 Å². The van der Waals surface area contributed by atoms with Gasteiger partial charge in [0.15, 0.2) is 11.5 Å². The Labute approximate surface area is 167 Å². The van der Waals surface area contributed by atoms with E-state index in [-0.39, 0.29) is 5.56 Å². The Bertz CT molecular complexity index is 1250. The van der Waals surface area contributed by atoms with Crippen LogP contribution in [0, 0.1) is 6.92 Å². The third kappa shape index (κ3) is 3.35. The minimum absolute atomic E-state index is 0.172. The maximum absolute atomic E-state index is 12.2. The second kappa shape index (κ2) is 7.09. The fourth-order valence-electron chi connectivity index (χ4n) is 3.85. The Balaban J connectivity index is 1.47. The maximum Gasteiger partial charge on any atom is 0.274 e. The quantitative estimate of drug-likeness (QED) is 0.540. The third-order valence-corrected chi connectivity index (χ3v) is 5.27. The fourth-order valence-corrected chi connectivity index (χ4v) is 3.85. The molecule has 0 aliphatic carbocycles. The zero-order valence-corrected chi connectivity index (χ0v) is 16.1. The van der Waals surface area contributed by atoms with Gasteiger partial charge in [-0.1, -0.05) is 12.1 Å². The van der Waals surface area contributed by atoms with Crippen molar-refractivity contribution in [3.63, 3.8) is 0 Å². The van der Waals surface area contributed by atoms with E-state index in [0.717, 1.165) is 43.0 Å². The van der Waals surface area contributed by atoms with Crippen LogP contribution in [0.2, 0.25) is 0 Å². The van der Waals surface area contributed by atoms with E-state index in [9.17, 15) is 4.79 Å². The average Bonchev–Trinajstić information content (AvgIpc) is 2.74. The summed E-state index contributed by atoms with van der Waals surface area (Å²) in [7, 11) is 0. The Morgan fingerprint density at radius 1 is 1.07 bits per heavy atom. The molecule has 0 unspecified atom stereocenters. The van der Waals surface area contributed by atoms with E-state index in [2.05, 4.69) is 32.1 Å². The number of aryl methyl sites for hydroxylation is 1. The van der Waals surface area contributed by atoms with Gasteiger partial charge in [0.25, 0.3) is 5.56 Å². The molecule has 144 valence electrons. The summed E-state index contributed by atoms with van der Waals surface area (Å²) in [6, 6.07) is 9.60. The zero-order chi connectivity index (χ0) is 19.8. The molecular formula is C22H20N6O. The molecule has 0 N–H and O–H groups in total. The van der Waals surface area contributed by atoms with Gasteiger partial charge in [-0.2, -0.15) is 4.52 Å². The molecule has 7 heteroatoms. The van der Waals surface area contributed by atoms with Crippen LogP contribution in [0.3, 0.4) is 0 Å². The standard InChI is InChI=1S/C22H20N6O/c1-15-9-20-24-7-4-21(29)28(20)26-22(15)27-8-5-19-18(14-27)11-17(13-25-19)10-16-3-2-6-23-12-16/h2-4,6-7,9,11-13H,5,8,10,14H2,1H3. The van der Waals surface area contributed by atoms with Gasteiger partial charge in [-0.3, -0.25) is 14.8 Å². The summed E-state index contributed by atoms with van der Waals surface area (Å²) in [5.41, 5.74) is 6.07. The van der Waals surface area contributed by atoms with Gasteiger partial charge < -0.3 is 4.90 Å². The summed E-state index contributed by atoms with van der Waals surface area (Å²) < 4.78 is 1.37. The van der Waals surface area contributed by atoms with Crippen LogP contribution in [-0.4, -0.2) is 31.1 Å². The van der Waals surface area contributed by atoms with Crippen molar-refractivity contribution in [2.24, 2.45) is 0 Å². The van der Waals surface area contributed by atoms with E-state index in [1.165, 1.54) is 33.5 Å². The average molecular weight is 384 g/mol. The number of hydrogen-bond acceptors (Lipinski definition) is 6. The van der Waals surface area contributed by atoms with E-state index >= 15 is 0 Å². The Hall–Kier alpha value is -3.61. The number of pyridine rings is 2. The molecule has 29 heavy (non-hydrogen) atoms. The normalized spacial score (nSPS) is 13.5. The fraction of sp³-hybridized carbons (Fsp3) is 0.227. The van der Waals surface area contributed by atoms with Crippen molar-refractivity contribution >= 4 is 11.5 Å². The van der Waals surface area contributed by atoms with Gasteiger partial charge in [0.1, 0.15) is 0 Å². The van der Waals surface area contributed by atoms with Gasteiger partial charge in [0.05, 0.1) is 0 Å². The van der Waals surface area contributed by atoms with Crippen LogP contribution in [0.15, 0.2) is 59.9 Å². The topological polar surface area (TPSA) is 76.3 Å². The molecule has 4 aromatic rings. The number of rotatable bonds is 3. The van der Waals surface area contributed by atoms with Crippen molar-refractivity contribution < 1.29 is 0 Å². The number of aromatic nitrogens is 5. The maximum atomic E-state index is 12.2. The molecule has 0 saturated heterocycles. The van der Waals surface area contributed by atoms with Crippen LogP contribution in [-0.2, 0) is 19.4 Å². The molecule has 0 saturated carbocycles. The van der Waals surface area contributed by atoms with Gasteiger partial charge >= 0.3 is 0 Å². The van der Waals surface area contributed by atoms with Crippen molar-refractivity contribution in [1.29, 1.82) is 0 Å². The molecule has 0 amide bonds. The van der Waals surface area contributed by atoms with Crippen LogP contribution in [0.25, 0.3) is 5.65 Å². The molecule has 1 aliphatic rings. The van der Waals surface area contributed by atoms with Gasteiger partial charge in [-0.05, 0) is 41.3 Å². The largest absolute Gasteiger partial charge is 0.350 e. The Morgan fingerprint density at radius 3 is 2.86 bits per heavy atom. The smallest absolute Gasteiger partial charge is 0.274 e. The van der Waals surface area contributed by atoms with E-state index < -0.39 is 0 Å². The first kappa shape index (κ1) is 17.5. The molecule has 5 rings (SSSR count). The SMILES string of the molecule is Cc1cc2nccc(=O)n2nc1N1CCc2ncc(Cc3cccnc3)cc2C1. The molecule has 0 aromatic carbocycles. The van der Waals surface area contributed by atoms with Crippen molar-refractivity contribution in [1.82, 2.24) is 24.6 Å². The van der Waals surface area contributed by atoms with E-state index in [0.29, 0.717) is 5.65 Å². The van der Waals surface area contributed by atoms with Crippen molar-refractivity contribution in [2.75, 3.05) is 11.4 Å². The summed E-state index contributed by atoms with van der Waals surface area (Å²) in [5, 5.41) is 4.60. The molecule has 0 spiro atoms. The predicted octanol–water partition coefficient (Wildman–Crippen LogP) is 2.34. The van der Waals surface area contributed by atoms with Gasteiger partial charge in [-0.25, -0.2) is 4.98 Å². The van der Waals surface area contributed by atoms with Crippen molar-refractivity contribution in [3.05, 3.63) is 93.4 Å². The lowest BCUT2D eigenvalue weighted by molar-refractivity contribution is 0.683. The van der Waals surface area contributed by atoms with E-state index in [1.54, 1.807) is 6.20 Å². The summed E-state index contributed by atoms with van der Waals surface area (Å²) in [6.07, 6.45) is 8.81. The Kier molecular flexibility index (Phi) is 4.27. The number of hydrogen-bond donors (Lipinski definition) is 0. The van der Waals surface area contributed by atoms with E-state index in [4.69, 9.17) is 4.98 Å². The summed E-state index contributed by atoms with van der Waals surface area (Å²) in [4.78, 5) is 27.5. The van der Waals surface area contributed by atoms with Crippen LogP contribution in [0.4, 0.5) is 5.82 Å². The molecule has 4 aromatic heterocycles. The summed E-state index contributed by atoms with van der Waals surface area (Å²) in [5.74, 6) is 0.816. The van der Waals surface area contributed by atoms with E-state index in [1.807, 2.05) is 31.5 Å². The van der Waals surface area contributed by atoms with Crippen LogP contribution >= 0.6 is 0 Å². The second-order valence-electron chi connectivity index (χ2n) is 7.36. The number of fused-ring (bicyclic) bond motifs is 2. The lowest BCUT2D eigenvalue weighted by atomic mass is 10.0. The highest BCUT2D eigenvalue weighted by atomic mass is 16.1. The predicted molar refractivity (Wildman–Crippen MR) is 110 cm³/mol. The minimum atomic E-state index is -0.172. The monoisotopic (exact) mass is 384 g/mol. The highest BCUT2D eigenvalue weighted by molar-refractivity contribution is 5.53. The first-order valence-electron chi connectivity index (χ1n) is 9.63. The van der Waals surface area contributed by atoms with Gasteiger partial charge in [0.2, 0.25) is 0 Å². The molecule has 0 radical (unpaired) electrons. The number of nitrogens with zero attached hydrogens (tertiary/aromatic N) is 6. The van der Waals surface area contributed by atoms with Gasteiger partial charge in [-0.15, -0.1) is 5.10 Å². The minimum Gasteiger partial charge on any atom is -0.350 e. The highest BCUT2D eigenvalue weighted by Gasteiger charge is 2.21. The zero-order valence-electron chi connectivity index (χ0n) is 16.1. The van der Waals surface area contributed by atoms with Crippen LogP contribution in [0.5, 0.6) is 0 Å². The number of anilines is 1. The molecule has 1 aliphatic heterocycles. The van der Waals surface area contributed by atoms with Crippen LogP contribution < -0.4 is 10.5 Å². The van der Waals surface area contributed by atoms with Crippen molar-refractivity contribution in [2.45, 2.75) is 26.3 Å². The molecule has 0 bridgehead atoms. The molecule has 0 fully saturated rings. The second-order valence-corrected chi connectivity index (χ2v) is 7.36. The molecule has 5 heterocycles. The Morgan fingerprint density at radius 2 is 2.00 bits per heavy atom. The summed E-state index contributed by atoms with van der Waals surface area (Å²) >= 11 is 0. The third-order valence-electron chi connectivity index (χ3n) is 5.27. The van der Waals surface area contributed by atoms with Crippen LogP contribution in [0.1, 0.15) is 27.9 Å². The first-order valence-corrected chi connectivity index (χ1v) is 9.63. The first-order chi connectivity index (χ1) is 14.2. The molecular weight excluding hydrogens is 364 g/mol.